The Morgan fingerprint density at radius 2 is 2.09 bits per heavy atom. The summed E-state index contributed by atoms with van der Waals surface area (Å²) in [6.45, 7) is 6.22. The molecule has 62 valence electrons. The molecule has 0 amide bonds. The summed E-state index contributed by atoms with van der Waals surface area (Å²) in [6.07, 6.45) is 1.95. The highest BCUT2D eigenvalue weighted by Gasteiger charge is 2.18. The molecule has 0 radical (unpaired) electrons. The van der Waals surface area contributed by atoms with E-state index in [1.807, 2.05) is 0 Å². The lowest BCUT2D eigenvalue weighted by Gasteiger charge is -2.12. The fourth-order valence-corrected chi connectivity index (χ4v) is 0.696. The van der Waals surface area contributed by atoms with Crippen molar-refractivity contribution in [1.82, 2.24) is 4.98 Å². The van der Waals surface area contributed by atoms with Gasteiger partial charge in [0.05, 0.1) is 12.8 Å². The first-order valence-corrected chi connectivity index (χ1v) is 3.54. The smallest absolute Gasteiger partial charge is 0.393 e. The van der Waals surface area contributed by atoms with Gasteiger partial charge in [-0.25, -0.2) is 0 Å². The molecule has 0 N–H and O–H groups in total. The lowest BCUT2D eigenvalue weighted by Crippen LogP contribution is -2.11. The molecule has 0 aliphatic rings. The van der Waals surface area contributed by atoms with Gasteiger partial charge in [-0.1, -0.05) is 20.8 Å². The SMILES string of the molecule is COc1nc(C(C)(C)C)co1. The molecule has 0 aliphatic heterocycles. The molecular weight excluding hydrogens is 142 g/mol. The molecule has 0 saturated carbocycles. The second-order valence-corrected chi connectivity index (χ2v) is 3.45. The van der Waals surface area contributed by atoms with Gasteiger partial charge in [0.2, 0.25) is 0 Å². The summed E-state index contributed by atoms with van der Waals surface area (Å²) >= 11 is 0. The Labute approximate surface area is 66.4 Å². The molecule has 3 nitrogen and oxygen atoms in total. The lowest BCUT2D eigenvalue weighted by atomic mass is 9.93. The number of methoxy groups -OCH3 is 1. The van der Waals surface area contributed by atoms with Gasteiger partial charge in [-0.15, -0.1) is 0 Å². The van der Waals surface area contributed by atoms with Crippen molar-refractivity contribution in [3.63, 3.8) is 0 Å². The molecule has 0 aliphatic carbocycles. The molecule has 1 heterocycles. The van der Waals surface area contributed by atoms with Gasteiger partial charge in [0.25, 0.3) is 0 Å². The summed E-state index contributed by atoms with van der Waals surface area (Å²) in [7, 11) is 1.54. The third-order valence-corrected chi connectivity index (χ3v) is 1.43. The Hall–Kier alpha value is -0.990. The number of hydrogen-bond acceptors (Lipinski definition) is 3. The van der Waals surface area contributed by atoms with Crippen LogP contribution in [-0.4, -0.2) is 12.1 Å². The number of ether oxygens (including phenoxy) is 1. The summed E-state index contributed by atoms with van der Waals surface area (Å²) in [5.74, 6) is 0. The summed E-state index contributed by atoms with van der Waals surface area (Å²) in [5, 5.41) is 0. The predicted molar refractivity (Wildman–Crippen MR) is 41.8 cm³/mol. The highest BCUT2D eigenvalue weighted by molar-refractivity contribution is 5.09. The fraction of sp³-hybridized carbons (Fsp3) is 0.625. The Balaban J connectivity index is 2.89. The van der Waals surface area contributed by atoms with Crippen LogP contribution in [0.25, 0.3) is 0 Å². The van der Waals surface area contributed by atoms with Crippen molar-refractivity contribution in [3.8, 4) is 6.08 Å². The third-order valence-electron chi connectivity index (χ3n) is 1.43. The summed E-state index contributed by atoms with van der Waals surface area (Å²) in [6, 6.07) is 0. The van der Waals surface area contributed by atoms with Gasteiger partial charge >= 0.3 is 6.08 Å². The molecule has 0 bridgehead atoms. The van der Waals surface area contributed by atoms with Crippen molar-refractivity contribution in [2.75, 3.05) is 7.11 Å². The van der Waals surface area contributed by atoms with Crippen molar-refractivity contribution in [2.45, 2.75) is 26.2 Å². The second-order valence-electron chi connectivity index (χ2n) is 3.45. The van der Waals surface area contributed by atoms with E-state index in [1.54, 1.807) is 6.26 Å². The van der Waals surface area contributed by atoms with E-state index in [9.17, 15) is 0 Å². The molecule has 1 rings (SSSR count). The van der Waals surface area contributed by atoms with Crippen LogP contribution < -0.4 is 4.74 Å². The largest absolute Gasteiger partial charge is 0.454 e. The van der Waals surface area contributed by atoms with Gasteiger partial charge in [-0.2, -0.15) is 4.98 Å². The molecule has 0 fully saturated rings. The van der Waals surface area contributed by atoms with Gasteiger partial charge in [-0.3, -0.25) is 0 Å². The van der Waals surface area contributed by atoms with Gasteiger partial charge in [0.15, 0.2) is 0 Å². The zero-order chi connectivity index (χ0) is 8.48. The highest BCUT2D eigenvalue weighted by atomic mass is 16.6. The summed E-state index contributed by atoms with van der Waals surface area (Å²) in [4.78, 5) is 4.11. The summed E-state index contributed by atoms with van der Waals surface area (Å²) in [5.41, 5.74) is 0.939. The molecule has 3 heteroatoms. The Kier molecular flexibility index (Phi) is 1.89. The van der Waals surface area contributed by atoms with Crippen LogP contribution in [0.5, 0.6) is 6.08 Å². The molecule has 0 unspecified atom stereocenters. The van der Waals surface area contributed by atoms with Crippen LogP contribution >= 0.6 is 0 Å². The van der Waals surface area contributed by atoms with E-state index < -0.39 is 0 Å². The van der Waals surface area contributed by atoms with Crippen LogP contribution in [0.3, 0.4) is 0 Å². The minimum atomic E-state index is 0.0281. The monoisotopic (exact) mass is 155 g/mol. The zero-order valence-electron chi connectivity index (χ0n) is 7.34. The maximum atomic E-state index is 5.01. The van der Waals surface area contributed by atoms with E-state index in [2.05, 4.69) is 25.8 Å². The van der Waals surface area contributed by atoms with Crippen molar-refractivity contribution in [3.05, 3.63) is 12.0 Å². The molecule has 0 atom stereocenters. The van der Waals surface area contributed by atoms with Crippen LogP contribution in [0.4, 0.5) is 0 Å². The topological polar surface area (TPSA) is 35.3 Å². The Morgan fingerprint density at radius 3 is 2.36 bits per heavy atom. The number of nitrogens with zero attached hydrogens (tertiary/aromatic N) is 1. The van der Waals surface area contributed by atoms with E-state index >= 15 is 0 Å². The second kappa shape index (κ2) is 2.57. The number of oxazole rings is 1. The normalized spacial score (nSPS) is 11.6. The number of rotatable bonds is 1. The standard InChI is InChI=1S/C8H13NO2/c1-8(2,3)6-5-11-7(9-6)10-4/h5H,1-4H3. The molecule has 0 spiro atoms. The van der Waals surface area contributed by atoms with Gasteiger partial charge in [0, 0.05) is 5.41 Å². The van der Waals surface area contributed by atoms with E-state index in [0.717, 1.165) is 5.69 Å². The van der Waals surface area contributed by atoms with Crippen molar-refractivity contribution in [2.24, 2.45) is 0 Å². The molecule has 0 saturated heterocycles. The van der Waals surface area contributed by atoms with Crippen molar-refractivity contribution < 1.29 is 9.15 Å². The average Bonchev–Trinajstić information content (AvgIpc) is 2.32. The molecule has 11 heavy (non-hydrogen) atoms. The van der Waals surface area contributed by atoms with E-state index in [0.29, 0.717) is 6.08 Å². The number of hydrogen-bond donors (Lipinski definition) is 0. The predicted octanol–water partition coefficient (Wildman–Crippen LogP) is 1.98. The fourth-order valence-electron chi connectivity index (χ4n) is 0.696. The van der Waals surface area contributed by atoms with Gasteiger partial charge < -0.3 is 9.15 Å². The first-order valence-electron chi connectivity index (χ1n) is 3.54. The summed E-state index contributed by atoms with van der Waals surface area (Å²) < 4.78 is 9.82. The van der Waals surface area contributed by atoms with Gasteiger partial charge in [-0.05, 0) is 0 Å². The maximum absolute atomic E-state index is 5.01. The quantitative estimate of drug-likeness (QED) is 0.622. The molecule has 0 aromatic carbocycles. The first-order chi connectivity index (χ1) is 5.04. The molecular formula is C8H13NO2. The van der Waals surface area contributed by atoms with Crippen LogP contribution in [0.1, 0.15) is 26.5 Å². The van der Waals surface area contributed by atoms with Crippen LogP contribution in [0.15, 0.2) is 10.7 Å². The first kappa shape index (κ1) is 8.11. The minimum absolute atomic E-state index is 0.0281. The average molecular weight is 155 g/mol. The minimum Gasteiger partial charge on any atom is -0.454 e. The molecule has 1 aromatic rings. The van der Waals surface area contributed by atoms with E-state index in [1.165, 1.54) is 7.11 Å². The van der Waals surface area contributed by atoms with Gasteiger partial charge in [0.1, 0.15) is 6.26 Å². The van der Waals surface area contributed by atoms with Crippen molar-refractivity contribution in [1.29, 1.82) is 0 Å². The highest BCUT2D eigenvalue weighted by Crippen LogP contribution is 2.23. The Morgan fingerprint density at radius 1 is 1.45 bits per heavy atom. The van der Waals surface area contributed by atoms with E-state index in [-0.39, 0.29) is 5.41 Å². The number of aromatic nitrogens is 1. The van der Waals surface area contributed by atoms with Crippen LogP contribution in [0, 0.1) is 0 Å². The molecule has 1 aromatic heterocycles. The van der Waals surface area contributed by atoms with E-state index in [4.69, 9.17) is 9.15 Å². The van der Waals surface area contributed by atoms with Crippen LogP contribution in [-0.2, 0) is 5.41 Å². The third kappa shape index (κ3) is 1.73. The van der Waals surface area contributed by atoms with Crippen molar-refractivity contribution >= 4 is 0 Å². The Bertz CT molecular complexity index is 234. The van der Waals surface area contributed by atoms with Crippen LogP contribution in [0.2, 0.25) is 0 Å². The lowest BCUT2D eigenvalue weighted by molar-refractivity contribution is 0.290. The zero-order valence-corrected chi connectivity index (χ0v) is 7.34. The maximum Gasteiger partial charge on any atom is 0.393 e.